The highest BCUT2D eigenvalue weighted by Crippen LogP contribution is 2.19. The monoisotopic (exact) mass is 361 g/mol. The topological polar surface area (TPSA) is 59.0 Å². The van der Waals surface area contributed by atoms with E-state index in [1.165, 1.54) is 30.5 Å². The van der Waals surface area contributed by atoms with Gasteiger partial charge in [-0.3, -0.25) is 9.36 Å². The number of anilines is 1. The summed E-state index contributed by atoms with van der Waals surface area (Å²) in [5.41, 5.74) is 1.52. The number of nitrogens with one attached hydrogen (secondary N) is 2. The van der Waals surface area contributed by atoms with Gasteiger partial charge in [0.15, 0.2) is 4.77 Å². The number of imidazole rings is 1. The summed E-state index contributed by atoms with van der Waals surface area (Å²) < 4.78 is 30.6. The highest BCUT2D eigenvalue weighted by molar-refractivity contribution is 7.71. The number of hydrogen-bond acceptors (Lipinski definition) is 3. The number of rotatable bonds is 5. The Morgan fingerprint density at radius 2 is 1.80 bits per heavy atom. The van der Waals surface area contributed by atoms with Gasteiger partial charge >= 0.3 is 6.61 Å². The second-order valence-corrected chi connectivity index (χ2v) is 5.39. The zero-order valence-corrected chi connectivity index (χ0v) is 13.6. The van der Waals surface area contributed by atoms with Crippen LogP contribution >= 0.6 is 12.2 Å². The fourth-order valence-corrected chi connectivity index (χ4v) is 2.55. The molecular weight excluding hydrogens is 348 g/mol. The predicted octanol–water partition coefficient (Wildman–Crippen LogP) is 4.39. The van der Waals surface area contributed by atoms with Crippen LogP contribution in [0.3, 0.4) is 0 Å². The first-order valence-electron chi connectivity index (χ1n) is 7.26. The number of carbonyl (C=O) groups excluding carboxylic acids is 1. The highest BCUT2D eigenvalue weighted by Gasteiger charge is 2.14. The Bertz CT molecular complexity index is 921. The SMILES string of the molecule is O=C(Nc1ccc(OC(F)F)cc1)c1c[nH]c(=S)n1-c1ccccc1. The lowest BCUT2D eigenvalue weighted by Gasteiger charge is -2.10. The van der Waals surface area contributed by atoms with Gasteiger partial charge in [-0.2, -0.15) is 8.78 Å². The quantitative estimate of drug-likeness (QED) is 0.663. The Hall–Kier alpha value is -3.00. The molecule has 25 heavy (non-hydrogen) atoms. The molecule has 0 saturated heterocycles. The first-order chi connectivity index (χ1) is 12.0. The van der Waals surface area contributed by atoms with Crippen molar-refractivity contribution in [1.29, 1.82) is 0 Å². The van der Waals surface area contributed by atoms with Crippen molar-refractivity contribution < 1.29 is 18.3 Å². The molecule has 0 aliphatic carbocycles. The van der Waals surface area contributed by atoms with Gasteiger partial charge in [-0.1, -0.05) is 18.2 Å². The highest BCUT2D eigenvalue weighted by atomic mass is 32.1. The van der Waals surface area contributed by atoms with Gasteiger partial charge in [0.05, 0.1) is 0 Å². The van der Waals surface area contributed by atoms with Crippen LogP contribution in [0.1, 0.15) is 10.5 Å². The maximum absolute atomic E-state index is 12.5. The third-order valence-electron chi connectivity index (χ3n) is 3.36. The molecule has 3 rings (SSSR count). The molecule has 1 amide bonds. The van der Waals surface area contributed by atoms with Crippen LogP contribution in [0.2, 0.25) is 0 Å². The van der Waals surface area contributed by atoms with Crippen LogP contribution in [-0.2, 0) is 0 Å². The van der Waals surface area contributed by atoms with Crippen LogP contribution < -0.4 is 10.1 Å². The Morgan fingerprint density at radius 3 is 2.44 bits per heavy atom. The molecule has 2 N–H and O–H groups in total. The summed E-state index contributed by atoms with van der Waals surface area (Å²) >= 11 is 5.24. The Morgan fingerprint density at radius 1 is 1.12 bits per heavy atom. The summed E-state index contributed by atoms with van der Waals surface area (Å²) in [7, 11) is 0. The van der Waals surface area contributed by atoms with Crippen LogP contribution in [0.15, 0.2) is 60.8 Å². The van der Waals surface area contributed by atoms with E-state index in [9.17, 15) is 13.6 Å². The first kappa shape index (κ1) is 16.8. The Kier molecular flexibility index (Phi) is 4.90. The van der Waals surface area contributed by atoms with Gasteiger partial charge in [-0.25, -0.2) is 0 Å². The average molecular weight is 361 g/mol. The minimum atomic E-state index is -2.89. The maximum atomic E-state index is 12.5. The number of nitrogens with zero attached hydrogens (tertiary/aromatic N) is 1. The van der Waals surface area contributed by atoms with Crippen LogP contribution in [0.4, 0.5) is 14.5 Å². The number of ether oxygens (including phenoxy) is 1. The lowest BCUT2D eigenvalue weighted by Crippen LogP contribution is -2.16. The summed E-state index contributed by atoms with van der Waals surface area (Å²) in [5.74, 6) is -0.374. The number of H-pyrrole nitrogens is 1. The Labute approximate surface area is 146 Å². The van der Waals surface area contributed by atoms with Crippen molar-refractivity contribution in [1.82, 2.24) is 9.55 Å². The molecule has 0 radical (unpaired) electrons. The molecule has 1 aromatic heterocycles. The summed E-state index contributed by atoms with van der Waals surface area (Å²) in [4.78, 5) is 15.4. The van der Waals surface area contributed by atoms with E-state index in [-0.39, 0.29) is 5.75 Å². The number of para-hydroxylation sites is 1. The van der Waals surface area contributed by atoms with Crippen molar-refractivity contribution in [2.45, 2.75) is 6.61 Å². The smallest absolute Gasteiger partial charge is 0.387 e. The summed E-state index contributed by atoms with van der Waals surface area (Å²) in [5, 5.41) is 2.69. The number of aromatic amines is 1. The maximum Gasteiger partial charge on any atom is 0.387 e. The van der Waals surface area contributed by atoms with E-state index in [1.807, 2.05) is 30.3 Å². The van der Waals surface area contributed by atoms with E-state index < -0.39 is 12.5 Å². The molecule has 0 unspecified atom stereocenters. The number of aromatic nitrogens is 2. The normalized spacial score (nSPS) is 10.7. The van der Waals surface area contributed by atoms with Crippen molar-refractivity contribution >= 4 is 23.8 Å². The van der Waals surface area contributed by atoms with Gasteiger partial charge in [0, 0.05) is 17.6 Å². The van der Waals surface area contributed by atoms with E-state index >= 15 is 0 Å². The van der Waals surface area contributed by atoms with Gasteiger partial charge in [0.1, 0.15) is 11.4 Å². The van der Waals surface area contributed by atoms with Crippen molar-refractivity contribution in [2.75, 3.05) is 5.32 Å². The van der Waals surface area contributed by atoms with Gasteiger partial charge in [0.25, 0.3) is 5.91 Å². The summed E-state index contributed by atoms with van der Waals surface area (Å²) in [6, 6.07) is 14.9. The molecule has 0 aliphatic heterocycles. The van der Waals surface area contributed by atoms with E-state index in [0.29, 0.717) is 16.2 Å². The Balaban J connectivity index is 1.82. The summed E-state index contributed by atoms with van der Waals surface area (Å²) in [6.45, 7) is -2.89. The van der Waals surface area contributed by atoms with Crippen LogP contribution in [-0.4, -0.2) is 22.1 Å². The van der Waals surface area contributed by atoms with Gasteiger partial charge in [-0.05, 0) is 48.6 Å². The largest absolute Gasteiger partial charge is 0.435 e. The van der Waals surface area contributed by atoms with Crippen LogP contribution in [0.25, 0.3) is 5.69 Å². The molecule has 1 heterocycles. The minimum Gasteiger partial charge on any atom is -0.435 e. The molecule has 2 aromatic carbocycles. The number of amides is 1. The lowest BCUT2D eigenvalue weighted by molar-refractivity contribution is -0.0498. The van der Waals surface area contributed by atoms with Crippen molar-refractivity contribution in [3.63, 3.8) is 0 Å². The van der Waals surface area contributed by atoms with Gasteiger partial charge in [0.2, 0.25) is 0 Å². The molecule has 0 fully saturated rings. The molecule has 128 valence electrons. The second-order valence-electron chi connectivity index (χ2n) is 5.01. The van der Waals surface area contributed by atoms with Crippen molar-refractivity contribution in [3.8, 4) is 11.4 Å². The number of carbonyl (C=O) groups is 1. The third-order valence-corrected chi connectivity index (χ3v) is 3.66. The van der Waals surface area contributed by atoms with E-state index in [2.05, 4.69) is 15.0 Å². The van der Waals surface area contributed by atoms with Crippen molar-refractivity contribution in [2.24, 2.45) is 0 Å². The van der Waals surface area contributed by atoms with E-state index in [1.54, 1.807) is 4.57 Å². The predicted molar refractivity (Wildman–Crippen MR) is 92.0 cm³/mol. The molecular formula is C17H13F2N3O2S. The fourth-order valence-electron chi connectivity index (χ4n) is 2.28. The lowest BCUT2D eigenvalue weighted by atomic mass is 10.2. The molecule has 0 aliphatic rings. The second kappa shape index (κ2) is 7.27. The molecule has 0 bridgehead atoms. The minimum absolute atomic E-state index is 0.0156. The number of alkyl halides is 2. The van der Waals surface area contributed by atoms with Gasteiger partial charge in [-0.15, -0.1) is 0 Å². The third kappa shape index (κ3) is 3.92. The van der Waals surface area contributed by atoms with Gasteiger partial charge < -0.3 is 15.0 Å². The summed E-state index contributed by atoms with van der Waals surface area (Å²) in [6.07, 6.45) is 1.51. The molecule has 3 aromatic rings. The number of hydrogen-bond donors (Lipinski definition) is 2. The van der Waals surface area contributed by atoms with E-state index in [4.69, 9.17) is 12.2 Å². The average Bonchev–Trinajstić information content (AvgIpc) is 2.99. The van der Waals surface area contributed by atoms with Crippen LogP contribution in [0, 0.1) is 4.77 Å². The zero-order valence-electron chi connectivity index (χ0n) is 12.8. The molecule has 0 spiro atoms. The standard InChI is InChI=1S/C17H13F2N3O2S/c18-16(19)24-13-8-6-11(7-9-13)21-15(23)14-10-20-17(25)22(14)12-4-2-1-3-5-12/h1-10,16H,(H,20,25)(H,21,23). The van der Waals surface area contributed by atoms with Crippen LogP contribution in [0.5, 0.6) is 5.75 Å². The molecule has 5 nitrogen and oxygen atoms in total. The first-order valence-corrected chi connectivity index (χ1v) is 7.67. The number of benzene rings is 2. The zero-order chi connectivity index (χ0) is 17.8. The molecule has 8 heteroatoms. The number of halogens is 2. The molecule has 0 saturated carbocycles. The fraction of sp³-hybridized carbons (Fsp3) is 0.0588. The van der Waals surface area contributed by atoms with E-state index in [0.717, 1.165) is 5.69 Å². The van der Waals surface area contributed by atoms with Crippen molar-refractivity contribution in [3.05, 3.63) is 71.3 Å². The molecule has 0 atom stereocenters.